The van der Waals surface area contributed by atoms with E-state index in [1.807, 2.05) is 30.3 Å². The SMILES string of the molecule is CS(=O)(=O)N(CCCCCCC(=O)O)Cc1ccc(Cc2ccccc2)cc1. The fraction of sp³-hybridized carbons (Fsp3) is 0.409. The number of benzene rings is 2. The molecule has 0 aliphatic heterocycles. The lowest BCUT2D eigenvalue weighted by Crippen LogP contribution is -2.30. The molecule has 0 saturated carbocycles. The Labute approximate surface area is 168 Å². The molecule has 2 aromatic rings. The number of unbranched alkanes of at least 4 members (excludes halogenated alkanes) is 3. The molecule has 0 atom stereocenters. The van der Waals surface area contributed by atoms with Crippen molar-refractivity contribution in [2.45, 2.75) is 45.1 Å². The first-order valence-electron chi connectivity index (χ1n) is 9.63. The topological polar surface area (TPSA) is 74.7 Å². The maximum Gasteiger partial charge on any atom is 0.303 e. The molecule has 152 valence electrons. The van der Waals surface area contributed by atoms with E-state index in [0.717, 1.165) is 31.2 Å². The molecular weight excluding hydrogens is 374 g/mol. The first kappa shape index (κ1) is 22.1. The van der Waals surface area contributed by atoms with E-state index in [1.54, 1.807) is 0 Å². The molecule has 0 bridgehead atoms. The van der Waals surface area contributed by atoms with Gasteiger partial charge in [0.15, 0.2) is 0 Å². The summed E-state index contributed by atoms with van der Waals surface area (Å²) in [7, 11) is -3.29. The molecule has 0 fully saturated rings. The summed E-state index contributed by atoms with van der Waals surface area (Å²) in [5.41, 5.74) is 3.41. The molecule has 5 nitrogen and oxygen atoms in total. The van der Waals surface area contributed by atoms with Crippen molar-refractivity contribution >= 4 is 16.0 Å². The third kappa shape index (κ3) is 8.23. The van der Waals surface area contributed by atoms with Crippen LogP contribution in [-0.4, -0.2) is 36.6 Å². The van der Waals surface area contributed by atoms with Gasteiger partial charge in [-0.25, -0.2) is 8.42 Å². The first-order chi connectivity index (χ1) is 13.3. The number of sulfonamides is 1. The van der Waals surface area contributed by atoms with Crippen LogP contribution in [0.15, 0.2) is 54.6 Å². The third-order valence-electron chi connectivity index (χ3n) is 4.65. The van der Waals surface area contributed by atoms with Crippen molar-refractivity contribution in [3.05, 3.63) is 71.3 Å². The van der Waals surface area contributed by atoms with Gasteiger partial charge in [-0.1, -0.05) is 67.4 Å². The maximum absolute atomic E-state index is 12.1. The Balaban J connectivity index is 1.87. The van der Waals surface area contributed by atoms with Crippen molar-refractivity contribution < 1.29 is 18.3 Å². The molecule has 6 heteroatoms. The van der Waals surface area contributed by atoms with Gasteiger partial charge in [0.05, 0.1) is 6.26 Å². The van der Waals surface area contributed by atoms with E-state index in [-0.39, 0.29) is 6.42 Å². The molecule has 2 aromatic carbocycles. The van der Waals surface area contributed by atoms with Gasteiger partial charge in [0.2, 0.25) is 10.0 Å². The number of carbonyl (C=O) groups is 1. The summed E-state index contributed by atoms with van der Waals surface area (Å²) in [5, 5.41) is 8.64. The van der Waals surface area contributed by atoms with Crippen LogP contribution in [0.2, 0.25) is 0 Å². The lowest BCUT2D eigenvalue weighted by atomic mass is 10.0. The van der Waals surface area contributed by atoms with Crippen molar-refractivity contribution in [3.8, 4) is 0 Å². The lowest BCUT2D eigenvalue weighted by Gasteiger charge is -2.20. The molecule has 0 amide bonds. The molecular formula is C22H29NO4S. The summed E-state index contributed by atoms with van der Waals surface area (Å²) in [6, 6.07) is 18.3. The number of rotatable bonds is 12. The number of aliphatic carboxylic acids is 1. The van der Waals surface area contributed by atoms with Crippen molar-refractivity contribution in [2.24, 2.45) is 0 Å². The van der Waals surface area contributed by atoms with Gasteiger partial charge in [0.25, 0.3) is 0 Å². The van der Waals surface area contributed by atoms with Crippen LogP contribution in [0.3, 0.4) is 0 Å². The van der Waals surface area contributed by atoms with E-state index in [1.165, 1.54) is 21.7 Å². The van der Waals surface area contributed by atoms with Gasteiger partial charge in [-0.05, 0) is 36.0 Å². The smallest absolute Gasteiger partial charge is 0.303 e. The molecule has 0 saturated heterocycles. The highest BCUT2D eigenvalue weighted by Gasteiger charge is 2.16. The summed E-state index contributed by atoms with van der Waals surface area (Å²) < 4.78 is 25.7. The van der Waals surface area contributed by atoms with E-state index >= 15 is 0 Å². The molecule has 0 aliphatic carbocycles. The summed E-state index contributed by atoms with van der Waals surface area (Å²) in [4.78, 5) is 10.5. The first-order valence-corrected chi connectivity index (χ1v) is 11.5. The Morgan fingerprint density at radius 3 is 2.04 bits per heavy atom. The zero-order valence-corrected chi connectivity index (χ0v) is 17.2. The maximum atomic E-state index is 12.1. The molecule has 0 unspecified atom stereocenters. The van der Waals surface area contributed by atoms with E-state index in [4.69, 9.17) is 5.11 Å². The molecule has 1 N–H and O–H groups in total. The van der Waals surface area contributed by atoms with Crippen LogP contribution in [-0.2, 0) is 27.8 Å². The number of hydrogen-bond donors (Lipinski definition) is 1. The highest BCUT2D eigenvalue weighted by molar-refractivity contribution is 7.88. The second-order valence-electron chi connectivity index (χ2n) is 7.13. The molecule has 0 spiro atoms. The zero-order chi connectivity index (χ0) is 20.4. The Kier molecular flexibility index (Phi) is 8.67. The average molecular weight is 404 g/mol. The van der Waals surface area contributed by atoms with Gasteiger partial charge in [-0.2, -0.15) is 4.31 Å². The fourth-order valence-electron chi connectivity index (χ4n) is 3.08. The van der Waals surface area contributed by atoms with Gasteiger partial charge in [0.1, 0.15) is 0 Å². The highest BCUT2D eigenvalue weighted by atomic mass is 32.2. The molecule has 0 radical (unpaired) electrons. The van der Waals surface area contributed by atoms with E-state index in [9.17, 15) is 13.2 Å². The minimum Gasteiger partial charge on any atom is -0.481 e. The van der Waals surface area contributed by atoms with Gasteiger partial charge < -0.3 is 5.11 Å². The Bertz CT molecular complexity index is 833. The predicted molar refractivity (Wildman–Crippen MR) is 112 cm³/mol. The van der Waals surface area contributed by atoms with Gasteiger partial charge >= 0.3 is 5.97 Å². The summed E-state index contributed by atoms with van der Waals surface area (Å²) in [6.45, 7) is 0.817. The van der Waals surface area contributed by atoms with Crippen molar-refractivity contribution in [3.63, 3.8) is 0 Å². The number of carboxylic acid groups (broad SMARTS) is 1. The summed E-state index contributed by atoms with van der Waals surface area (Å²) >= 11 is 0. The largest absolute Gasteiger partial charge is 0.481 e. The molecule has 0 aromatic heterocycles. The predicted octanol–water partition coefficient (Wildman–Crippen LogP) is 4.07. The van der Waals surface area contributed by atoms with E-state index < -0.39 is 16.0 Å². The van der Waals surface area contributed by atoms with Gasteiger partial charge in [-0.3, -0.25) is 4.79 Å². The number of nitrogens with zero attached hydrogens (tertiary/aromatic N) is 1. The summed E-state index contributed by atoms with van der Waals surface area (Å²) in [6.07, 6.45) is 5.27. The Hall–Kier alpha value is -2.18. The standard InChI is InChI=1S/C22H29NO4S/c1-28(26,27)23(16-8-3-2-7-11-22(24)25)18-21-14-12-20(13-15-21)17-19-9-5-4-6-10-19/h4-6,9-10,12-15H,2-3,7-8,11,16-18H2,1H3,(H,24,25). The van der Waals surface area contributed by atoms with Crippen LogP contribution >= 0.6 is 0 Å². The molecule has 28 heavy (non-hydrogen) atoms. The van der Waals surface area contributed by atoms with Gasteiger partial charge in [-0.15, -0.1) is 0 Å². The normalized spacial score (nSPS) is 11.6. The summed E-state index contributed by atoms with van der Waals surface area (Å²) in [5.74, 6) is -0.784. The minimum absolute atomic E-state index is 0.172. The van der Waals surface area contributed by atoms with Gasteiger partial charge in [0, 0.05) is 19.5 Å². The Morgan fingerprint density at radius 1 is 0.857 bits per heavy atom. The molecule has 0 heterocycles. The van der Waals surface area contributed by atoms with Crippen LogP contribution in [0.1, 0.15) is 48.8 Å². The number of carboxylic acids is 1. The monoisotopic (exact) mass is 403 g/mol. The van der Waals surface area contributed by atoms with Crippen LogP contribution in [0.5, 0.6) is 0 Å². The van der Waals surface area contributed by atoms with Crippen LogP contribution in [0.25, 0.3) is 0 Å². The number of hydrogen-bond acceptors (Lipinski definition) is 3. The van der Waals surface area contributed by atoms with Crippen molar-refractivity contribution in [2.75, 3.05) is 12.8 Å². The van der Waals surface area contributed by atoms with E-state index in [2.05, 4.69) is 24.3 Å². The lowest BCUT2D eigenvalue weighted by molar-refractivity contribution is -0.137. The van der Waals surface area contributed by atoms with Crippen molar-refractivity contribution in [1.29, 1.82) is 0 Å². The minimum atomic E-state index is -3.29. The van der Waals surface area contributed by atoms with Crippen molar-refractivity contribution in [1.82, 2.24) is 4.31 Å². The fourth-order valence-corrected chi connectivity index (χ4v) is 3.92. The zero-order valence-electron chi connectivity index (χ0n) is 16.4. The third-order valence-corrected chi connectivity index (χ3v) is 5.90. The quantitative estimate of drug-likeness (QED) is 0.542. The van der Waals surface area contributed by atoms with E-state index in [0.29, 0.717) is 19.5 Å². The molecule has 2 rings (SSSR count). The Morgan fingerprint density at radius 2 is 1.43 bits per heavy atom. The van der Waals surface area contributed by atoms with Crippen LogP contribution < -0.4 is 0 Å². The molecule has 0 aliphatic rings. The second-order valence-corrected chi connectivity index (χ2v) is 9.12. The highest BCUT2D eigenvalue weighted by Crippen LogP contribution is 2.15. The average Bonchev–Trinajstić information content (AvgIpc) is 2.64. The second kappa shape index (κ2) is 11.0. The van der Waals surface area contributed by atoms with Crippen LogP contribution in [0.4, 0.5) is 0 Å². The van der Waals surface area contributed by atoms with Crippen LogP contribution in [0, 0.1) is 0 Å².